The zero-order chi connectivity index (χ0) is 21.2. The Morgan fingerprint density at radius 1 is 1.10 bits per heavy atom. The molecule has 1 aliphatic rings. The lowest BCUT2D eigenvalue weighted by Crippen LogP contribution is -2.22. The van der Waals surface area contributed by atoms with E-state index in [1.165, 1.54) is 22.9 Å². The largest absolute Gasteiger partial charge is 0.493 e. The first-order chi connectivity index (χ1) is 15.2. The molecule has 0 bridgehead atoms. The monoisotopic (exact) mass is 432 g/mol. The van der Waals surface area contributed by atoms with Gasteiger partial charge in [-0.1, -0.05) is 24.3 Å². The van der Waals surface area contributed by atoms with Crippen LogP contribution in [0.3, 0.4) is 0 Å². The zero-order valence-electron chi connectivity index (χ0n) is 17.4. The summed E-state index contributed by atoms with van der Waals surface area (Å²) in [4.78, 5) is 16.6. The van der Waals surface area contributed by atoms with Gasteiger partial charge in [0.2, 0.25) is 0 Å². The molecule has 0 aliphatic heterocycles. The van der Waals surface area contributed by atoms with Gasteiger partial charge in [0.1, 0.15) is 0 Å². The second-order valence-electron chi connectivity index (χ2n) is 7.90. The molecule has 0 N–H and O–H groups in total. The van der Waals surface area contributed by atoms with Crippen LogP contribution in [0.15, 0.2) is 65.0 Å². The average Bonchev–Trinajstić information content (AvgIpc) is 3.45. The first-order valence-corrected chi connectivity index (χ1v) is 11.5. The van der Waals surface area contributed by atoms with E-state index in [2.05, 4.69) is 22.5 Å². The minimum absolute atomic E-state index is 0.239. The molecule has 1 fully saturated rings. The number of nitrogens with zero attached hydrogens (tertiary/aromatic N) is 2. The van der Waals surface area contributed by atoms with Crippen molar-refractivity contribution in [3.8, 4) is 22.6 Å². The van der Waals surface area contributed by atoms with Crippen LogP contribution < -0.4 is 15.2 Å². The number of thiophene rings is 1. The minimum Gasteiger partial charge on any atom is -0.493 e. The Morgan fingerprint density at radius 3 is 2.77 bits per heavy atom. The maximum atomic E-state index is 12.5. The molecule has 0 radical (unpaired) electrons. The third-order valence-electron chi connectivity index (χ3n) is 5.85. The summed E-state index contributed by atoms with van der Waals surface area (Å²) in [5.41, 5.74) is 2.69. The van der Waals surface area contributed by atoms with Gasteiger partial charge in [0, 0.05) is 22.7 Å². The smallest absolute Gasteiger partial charge is 0.347 e. The topological polar surface area (TPSA) is 53.3 Å². The highest BCUT2D eigenvalue weighted by molar-refractivity contribution is 7.17. The predicted molar refractivity (Wildman–Crippen MR) is 124 cm³/mol. The van der Waals surface area contributed by atoms with Gasteiger partial charge in [-0.25, -0.2) is 9.78 Å². The van der Waals surface area contributed by atoms with Crippen molar-refractivity contribution in [1.82, 2.24) is 9.55 Å². The molecule has 0 amide bonds. The van der Waals surface area contributed by atoms with Crippen LogP contribution in [-0.2, 0) is 6.54 Å². The van der Waals surface area contributed by atoms with E-state index in [0.29, 0.717) is 6.54 Å². The summed E-state index contributed by atoms with van der Waals surface area (Å²) in [6, 6.07) is 14.1. The molecular weight excluding hydrogens is 408 g/mol. The standard InChI is InChI=1S/C25H24N2O3S/c1-29-22-11-10-17(12-23(22)30-20-6-2-3-7-20)18-13-26-25(28)27(14-18)15-19-16-31-24-9-5-4-8-21(19)24/h4-5,8-14,16,20H,2-3,6-7,15H2,1H3. The van der Waals surface area contributed by atoms with Crippen molar-refractivity contribution in [3.05, 3.63) is 76.3 Å². The number of aromatic nitrogens is 2. The lowest BCUT2D eigenvalue weighted by Gasteiger charge is -2.17. The first kappa shape index (κ1) is 19.8. The predicted octanol–water partition coefficient (Wildman–Crippen LogP) is 5.50. The second kappa shape index (κ2) is 8.55. The van der Waals surface area contributed by atoms with Crippen molar-refractivity contribution in [1.29, 1.82) is 0 Å². The fourth-order valence-corrected chi connectivity index (χ4v) is 5.14. The van der Waals surface area contributed by atoms with Gasteiger partial charge in [0.25, 0.3) is 0 Å². The third-order valence-corrected chi connectivity index (χ3v) is 6.86. The van der Waals surface area contributed by atoms with Crippen LogP contribution in [0.1, 0.15) is 31.2 Å². The van der Waals surface area contributed by atoms with E-state index >= 15 is 0 Å². The maximum absolute atomic E-state index is 12.5. The number of hydrogen-bond donors (Lipinski definition) is 0. The number of fused-ring (bicyclic) bond motifs is 1. The van der Waals surface area contributed by atoms with Gasteiger partial charge in [0.15, 0.2) is 11.5 Å². The van der Waals surface area contributed by atoms with Gasteiger partial charge >= 0.3 is 5.69 Å². The molecular formula is C25H24N2O3S. The summed E-state index contributed by atoms with van der Waals surface area (Å²) in [7, 11) is 1.66. The molecule has 0 spiro atoms. The summed E-state index contributed by atoms with van der Waals surface area (Å²) < 4.78 is 14.6. The van der Waals surface area contributed by atoms with Gasteiger partial charge in [-0.05, 0) is 65.8 Å². The van der Waals surface area contributed by atoms with Crippen LogP contribution in [0.4, 0.5) is 0 Å². The number of ether oxygens (including phenoxy) is 2. The Morgan fingerprint density at radius 2 is 1.94 bits per heavy atom. The van der Waals surface area contributed by atoms with E-state index in [1.54, 1.807) is 29.2 Å². The summed E-state index contributed by atoms with van der Waals surface area (Å²) in [5.74, 6) is 1.47. The molecule has 2 aromatic heterocycles. The van der Waals surface area contributed by atoms with E-state index < -0.39 is 0 Å². The number of hydrogen-bond acceptors (Lipinski definition) is 5. The Bertz CT molecular complexity index is 1270. The Hall–Kier alpha value is -3.12. The van der Waals surface area contributed by atoms with Gasteiger partial charge < -0.3 is 9.47 Å². The second-order valence-corrected chi connectivity index (χ2v) is 8.81. The van der Waals surface area contributed by atoms with Crippen LogP contribution in [0.2, 0.25) is 0 Å². The van der Waals surface area contributed by atoms with Crippen LogP contribution in [-0.4, -0.2) is 22.8 Å². The lowest BCUT2D eigenvalue weighted by atomic mass is 10.1. The highest BCUT2D eigenvalue weighted by atomic mass is 32.1. The Balaban J connectivity index is 1.47. The molecule has 1 aliphatic carbocycles. The van der Waals surface area contributed by atoms with Crippen molar-refractivity contribution in [2.75, 3.05) is 7.11 Å². The van der Waals surface area contributed by atoms with Crippen LogP contribution in [0.5, 0.6) is 11.5 Å². The highest BCUT2D eigenvalue weighted by Gasteiger charge is 2.19. The summed E-state index contributed by atoms with van der Waals surface area (Å²) in [6.07, 6.45) is 8.32. The summed E-state index contributed by atoms with van der Waals surface area (Å²) in [6.45, 7) is 0.491. The molecule has 2 aromatic carbocycles. The fourth-order valence-electron chi connectivity index (χ4n) is 4.19. The van der Waals surface area contributed by atoms with Gasteiger partial charge in [-0.15, -0.1) is 11.3 Å². The van der Waals surface area contributed by atoms with Gasteiger partial charge in [0.05, 0.1) is 19.8 Å². The maximum Gasteiger partial charge on any atom is 0.347 e. The summed E-state index contributed by atoms with van der Waals surface area (Å²) >= 11 is 1.69. The van der Waals surface area contributed by atoms with E-state index in [0.717, 1.165) is 41.0 Å². The lowest BCUT2D eigenvalue weighted by molar-refractivity contribution is 0.201. The van der Waals surface area contributed by atoms with Crippen LogP contribution >= 0.6 is 11.3 Å². The van der Waals surface area contributed by atoms with E-state index in [-0.39, 0.29) is 11.8 Å². The van der Waals surface area contributed by atoms with Crippen LogP contribution in [0.25, 0.3) is 21.2 Å². The van der Waals surface area contributed by atoms with Crippen molar-refractivity contribution in [2.45, 2.75) is 38.3 Å². The molecule has 158 valence electrons. The quantitative estimate of drug-likeness (QED) is 0.403. The molecule has 0 saturated heterocycles. The molecule has 31 heavy (non-hydrogen) atoms. The summed E-state index contributed by atoms with van der Waals surface area (Å²) in [5, 5.41) is 3.30. The number of methoxy groups -OCH3 is 1. The van der Waals surface area contributed by atoms with Crippen molar-refractivity contribution in [2.24, 2.45) is 0 Å². The van der Waals surface area contributed by atoms with Gasteiger partial charge in [-0.2, -0.15) is 0 Å². The highest BCUT2D eigenvalue weighted by Crippen LogP contribution is 2.35. The van der Waals surface area contributed by atoms with E-state index in [4.69, 9.17) is 9.47 Å². The molecule has 0 atom stereocenters. The molecule has 5 nitrogen and oxygen atoms in total. The molecule has 0 unspecified atom stereocenters. The molecule has 5 rings (SSSR count). The molecule has 4 aromatic rings. The normalized spacial score (nSPS) is 14.2. The van der Waals surface area contributed by atoms with Gasteiger partial charge in [-0.3, -0.25) is 4.57 Å². The average molecular weight is 433 g/mol. The van der Waals surface area contributed by atoms with Crippen molar-refractivity contribution < 1.29 is 9.47 Å². The van der Waals surface area contributed by atoms with Crippen molar-refractivity contribution >= 4 is 21.4 Å². The van der Waals surface area contributed by atoms with Crippen LogP contribution in [0, 0.1) is 0 Å². The number of rotatable bonds is 6. The third kappa shape index (κ3) is 4.08. The van der Waals surface area contributed by atoms with E-state index in [1.807, 2.05) is 36.5 Å². The zero-order valence-corrected chi connectivity index (χ0v) is 18.2. The van der Waals surface area contributed by atoms with E-state index in [9.17, 15) is 4.79 Å². The Labute approximate surface area is 184 Å². The Kier molecular flexibility index (Phi) is 5.47. The molecule has 6 heteroatoms. The SMILES string of the molecule is COc1ccc(-c2cnc(=O)n(Cc3csc4ccccc34)c2)cc1OC1CCCC1. The van der Waals surface area contributed by atoms with Crippen molar-refractivity contribution in [3.63, 3.8) is 0 Å². The first-order valence-electron chi connectivity index (χ1n) is 10.6. The minimum atomic E-state index is -0.255. The molecule has 2 heterocycles. The number of benzene rings is 2. The fraction of sp³-hybridized carbons (Fsp3) is 0.280. The molecule has 1 saturated carbocycles.